The van der Waals surface area contributed by atoms with Crippen LogP contribution in [0.15, 0.2) is 34.0 Å². The Bertz CT molecular complexity index is 680. The first-order chi connectivity index (χ1) is 9.53. The quantitative estimate of drug-likeness (QED) is 0.859. The van der Waals surface area contributed by atoms with E-state index in [9.17, 15) is 8.42 Å². The van der Waals surface area contributed by atoms with Crippen molar-refractivity contribution in [1.29, 1.82) is 0 Å². The van der Waals surface area contributed by atoms with E-state index in [1.165, 1.54) is 18.3 Å². The van der Waals surface area contributed by atoms with Crippen LogP contribution in [-0.4, -0.2) is 19.9 Å². The highest BCUT2D eigenvalue weighted by Crippen LogP contribution is 2.16. The van der Waals surface area contributed by atoms with Crippen LogP contribution in [0.4, 0.5) is 5.82 Å². The first-order valence-corrected chi connectivity index (χ1v) is 8.67. The summed E-state index contributed by atoms with van der Waals surface area (Å²) < 4.78 is 27.1. The van der Waals surface area contributed by atoms with Crippen molar-refractivity contribution in [2.45, 2.75) is 25.3 Å². The van der Waals surface area contributed by atoms with E-state index in [4.69, 9.17) is 0 Å². The lowest BCUT2D eigenvalue weighted by Crippen LogP contribution is -2.23. The lowest BCUT2D eigenvalue weighted by atomic mass is 10.2. The lowest BCUT2D eigenvalue weighted by molar-refractivity contribution is 0.581. The highest BCUT2D eigenvalue weighted by Gasteiger charge is 2.15. The van der Waals surface area contributed by atoms with E-state index >= 15 is 0 Å². The molecule has 0 unspecified atom stereocenters. The summed E-state index contributed by atoms with van der Waals surface area (Å²) in [5, 5.41) is 6.95. The van der Waals surface area contributed by atoms with Crippen molar-refractivity contribution < 1.29 is 8.42 Å². The first kappa shape index (κ1) is 15.0. The molecule has 0 atom stereocenters. The second-order valence-electron chi connectivity index (χ2n) is 4.31. The number of aryl methyl sites for hydroxylation is 1. The number of sulfonamides is 1. The number of anilines is 1. The molecule has 2 N–H and O–H groups in total. The fourth-order valence-electron chi connectivity index (χ4n) is 1.68. The van der Waals surface area contributed by atoms with Crippen molar-refractivity contribution in [3.05, 3.63) is 40.2 Å². The molecule has 0 saturated heterocycles. The van der Waals surface area contributed by atoms with Crippen LogP contribution in [0.25, 0.3) is 0 Å². The second kappa shape index (κ2) is 6.34. The largest absolute Gasteiger partial charge is 0.370 e. The molecule has 0 spiro atoms. The van der Waals surface area contributed by atoms with Gasteiger partial charge in [0.1, 0.15) is 5.82 Å². The van der Waals surface area contributed by atoms with Gasteiger partial charge in [0.15, 0.2) is 0 Å². The summed E-state index contributed by atoms with van der Waals surface area (Å²) >= 11 is 1.57. The molecule has 0 aromatic carbocycles. The molecule has 2 aromatic heterocycles. The lowest BCUT2D eigenvalue weighted by Gasteiger charge is -2.08. The number of nitrogens with zero attached hydrogens (tertiary/aromatic N) is 1. The van der Waals surface area contributed by atoms with Gasteiger partial charge in [0, 0.05) is 25.4 Å². The molecular weight excluding hydrogens is 294 g/mol. The van der Waals surface area contributed by atoms with Gasteiger partial charge in [-0.25, -0.2) is 18.1 Å². The minimum Gasteiger partial charge on any atom is -0.370 e. The number of hydrogen-bond acceptors (Lipinski definition) is 5. The zero-order valence-electron chi connectivity index (χ0n) is 11.4. The van der Waals surface area contributed by atoms with Crippen LogP contribution >= 0.6 is 11.3 Å². The molecule has 2 aromatic rings. The number of rotatable bonds is 6. The van der Waals surface area contributed by atoms with Gasteiger partial charge in [0.05, 0.1) is 4.90 Å². The van der Waals surface area contributed by atoms with Crippen molar-refractivity contribution in [2.75, 3.05) is 11.9 Å². The van der Waals surface area contributed by atoms with Gasteiger partial charge in [0.2, 0.25) is 10.0 Å². The van der Waals surface area contributed by atoms with Crippen LogP contribution in [0.3, 0.4) is 0 Å². The molecule has 0 aliphatic rings. The molecule has 7 heteroatoms. The Balaban J connectivity index is 2.14. The van der Waals surface area contributed by atoms with Gasteiger partial charge >= 0.3 is 0 Å². The summed E-state index contributed by atoms with van der Waals surface area (Å²) in [7, 11) is -3.52. The molecule has 5 nitrogen and oxygen atoms in total. The van der Waals surface area contributed by atoms with Crippen molar-refractivity contribution in [2.24, 2.45) is 0 Å². The predicted octanol–water partition coefficient (Wildman–Crippen LogP) is 2.36. The predicted molar refractivity (Wildman–Crippen MR) is 81.5 cm³/mol. The second-order valence-corrected chi connectivity index (χ2v) is 6.82. The average Bonchev–Trinajstić information content (AvgIpc) is 2.83. The number of nitrogens with one attached hydrogen (secondary N) is 2. The summed E-state index contributed by atoms with van der Waals surface area (Å²) in [4.78, 5) is 4.28. The van der Waals surface area contributed by atoms with Gasteiger partial charge in [-0.3, -0.25) is 0 Å². The van der Waals surface area contributed by atoms with E-state index in [0.29, 0.717) is 18.9 Å². The van der Waals surface area contributed by atoms with Crippen LogP contribution in [0, 0.1) is 6.92 Å². The third-order valence-corrected chi connectivity index (χ3v) is 5.12. The molecule has 20 heavy (non-hydrogen) atoms. The number of aromatic nitrogens is 1. The molecule has 108 valence electrons. The van der Waals surface area contributed by atoms with Crippen molar-refractivity contribution in [3.63, 3.8) is 0 Å². The standard InChI is InChI=1S/C13H17N3O2S2/c1-3-14-13-6-12(4-5-15-13)20(17,18)16-7-11-9-19-8-10(11)2/h4-6,8-9,16H,3,7H2,1-2H3,(H,14,15). The molecule has 0 saturated carbocycles. The van der Waals surface area contributed by atoms with Gasteiger partial charge < -0.3 is 5.32 Å². The van der Waals surface area contributed by atoms with E-state index in [-0.39, 0.29) is 4.90 Å². The van der Waals surface area contributed by atoms with Gasteiger partial charge in [-0.15, -0.1) is 0 Å². The Kier molecular flexibility index (Phi) is 4.74. The van der Waals surface area contributed by atoms with Crippen molar-refractivity contribution in [3.8, 4) is 0 Å². The van der Waals surface area contributed by atoms with Crippen LogP contribution in [0.5, 0.6) is 0 Å². The van der Waals surface area contributed by atoms with E-state index in [0.717, 1.165) is 11.1 Å². The summed E-state index contributed by atoms with van der Waals surface area (Å²) in [6, 6.07) is 3.02. The van der Waals surface area contributed by atoms with E-state index in [1.807, 2.05) is 24.6 Å². The zero-order valence-corrected chi connectivity index (χ0v) is 13.0. The maximum absolute atomic E-state index is 12.2. The normalized spacial score (nSPS) is 11.5. The first-order valence-electron chi connectivity index (χ1n) is 6.24. The Morgan fingerprint density at radius 2 is 2.15 bits per heavy atom. The molecule has 0 aliphatic heterocycles. The van der Waals surface area contributed by atoms with Crippen molar-refractivity contribution >= 4 is 27.2 Å². The molecule has 0 bridgehead atoms. The maximum atomic E-state index is 12.2. The number of thiophene rings is 1. The molecule has 0 fully saturated rings. The molecule has 2 heterocycles. The van der Waals surface area contributed by atoms with Gasteiger partial charge in [-0.05, 0) is 41.8 Å². The summed E-state index contributed by atoms with van der Waals surface area (Å²) in [6.07, 6.45) is 1.49. The van der Waals surface area contributed by atoms with E-state index in [2.05, 4.69) is 15.0 Å². The maximum Gasteiger partial charge on any atom is 0.241 e. The Morgan fingerprint density at radius 3 is 2.80 bits per heavy atom. The zero-order chi connectivity index (χ0) is 14.6. The summed E-state index contributed by atoms with van der Waals surface area (Å²) in [5.41, 5.74) is 2.10. The van der Waals surface area contributed by atoms with Gasteiger partial charge in [-0.1, -0.05) is 0 Å². The Labute approximate surface area is 123 Å². The van der Waals surface area contributed by atoms with E-state index in [1.54, 1.807) is 11.3 Å². The fraction of sp³-hybridized carbons (Fsp3) is 0.308. The smallest absolute Gasteiger partial charge is 0.241 e. The third kappa shape index (κ3) is 3.56. The molecule has 0 amide bonds. The SMILES string of the molecule is CCNc1cc(S(=O)(=O)NCc2cscc2C)ccn1. The summed E-state index contributed by atoms with van der Waals surface area (Å²) in [5.74, 6) is 0.557. The van der Waals surface area contributed by atoms with Crippen LogP contribution in [0.2, 0.25) is 0 Å². The third-order valence-electron chi connectivity index (χ3n) is 2.81. The Morgan fingerprint density at radius 1 is 1.35 bits per heavy atom. The molecule has 2 rings (SSSR count). The molecular formula is C13H17N3O2S2. The number of pyridine rings is 1. The van der Waals surface area contributed by atoms with Crippen LogP contribution < -0.4 is 10.0 Å². The minimum absolute atomic E-state index is 0.219. The van der Waals surface area contributed by atoms with Gasteiger partial charge in [-0.2, -0.15) is 11.3 Å². The highest BCUT2D eigenvalue weighted by molar-refractivity contribution is 7.89. The molecule has 0 radical (unpaired) electrons. The minimum atomic E-state index is -3.52. The fourth-order valence-corrected chi connectivity index (χ4v) is 3.56. The monoisotopic (exact) mass is 311 g/mol. The van der Waals surface area contributed by atoms with Gasteiger partial charge in [0.25, 0.3) is 0 Å². The topological polar surface area (TPSA) is 71.1 Å². The molecule has 0 aliphatic carbocycles. The number of hydrogen-bond donors (Lipinski definition) is 2. The van der Waals surface area contributed by atoms with E-state index < -0.39 is 10.0 Å². The van der Waals surface area contributed by atoms with Crippen LogP contribution in [0.1, 0.15) is 18.1 Å². The average molecular weight is 311 g/mol. The van der Waals surface area contributed by atoms with Crippen LogP contribution in [-0.2, 0) is 16.6 Å². The highest BCUT2D eigenvalue weighted by atomic mass is 32.2. The Hall–Kier alpha value is -1.44. The summed E-state index contributed by atoms with van der Waals surface area (Å²) in [6.45, 7) is 4.89. The van der Waals surface area contributed by atoms with Crippen molar-refractivity contribution in [1.82, 2.24) is 9.71 Å².